The van der Waals surface area contributed by atoms with E-state index in [4.69, 9.17) is 4.42 Å². The highest BCUT2D eigenvalue weighted by molar-refractivity contribution is 5.98. The second kappa shape index (κ2) is 5.46. The first-order valence-electron chi connectivity index (χ1n) is 4.87. The Morgan fingerprint density at radius 2 is 2.25 bits per heavy atom. The Kier molecular flexibility index (Phi) is 4.25. The van der Waals surface area contributed by atoms with Gasteiger partial charge in [0.15, 0.2) is 0 Å². The third-order valence-corrected chi connectivity index (χ3v) is 2.36. The van der Waals surface area contributed by atoms with Crippen LogP contribution in [-0.2, 0) is 14.3 Å². The smallest absolute Gasteiger partial charge is 0.315 e. The Hall–Kier alpha value is -1.62. The summed E-state index contributed by atoms with van der Waals surface area (Å²) >= 11 is 0. The molecule has 1 heterocycles. The first-order valence-corrected chi connectivity index (χ1v) is 4.87. The summed E-state index contributed by atoms with van der Waals surface area (Å²) in [5, 5.41) is 9.65. The molecule has 0 bridgehead atoms. The highest BCUT2D eigenvalue weighted by Crippen LogP contribution is 2.19. The molecule has 0 radical (unpaired) electrons. The molecule has 0 aliphatic rings. The minimum Gasteiger partial charge on any atom is -0.472 e. The number of rotatable bonds is 5. The molecule has 5 heteroatoms. The molecule has 1 rings (SSSR count). The van der Waals surface area contributed by atoms with Crippen molar-refractivity contribution in [3.05, 3.63) is 24.2 Å². The summed E-state index contributed by atoms with van der Waals surface area (Å²) in [5.41, 5.74) is 0.519. The van der Waals surface area contributed by atoms with Crippen molar-refractivity contribution in [2.75, 3.05) is 7.11 Å². The maximum atomic E-state index is 11.6. The van der Waals surface area contributed by atoms with Crippen molar-refractivity contribution >= 4 is 11.8 Å². The Bertz CT molecular complexity index is 354. The van der Waals surface area contributed by atoms with Crippen LogP contribution in [0.2, 0.25) is 0 Å². The van der Waals surface area contributed by atoms with E-state index < -0.39 is 18.0 Å². The minimum atomic E-state index is -0.946. The van der Waals surface area contributed by atoms with E-state index in [2.05, 4.69) is 4.74 Å². The van der Waals surface area contributed by atoms with Gasteiger partial charge in [0, 0.05) is 12.0 Å². The van der Waals surface area contributed by atoms with Crippen LogP contribution in [0.25, 0.3) is 0 Å². The molecule has 5 nitrogen and oxygen atoms in total. The van der Waals surface area contributed by atoms with E-state index in [9.17, 15) is 14.7 Å². The molecular formula is C11H14O5. The summed E-state index contributed by atoms with van der Waals surface area (Å²) in [5.74, 6) is -1.81. The van der Waals surface area contributed by atoms with Crippen molar-refractivity contribution in [3.63, 3.8) is 0 Å². The van der Waals surface area contributed by atoms with Gasteiger partial charge in [-0.15, -0.1) is 0 Å². The van der Waals surface area contributed by atoms with Crippen LogP contribution in [-0.4, -0.2) is 24.0 Å². The molecule has 1 aromatic heterocycles. The molecule has 0 amide bonds. The number of aliphatic hydroxyl groups excluding tert-OH is 1. The summed E-state index contributed by atoms with van der Waals surface area (Å²) in [6.45, 7) is 1.45. The maximum absolute atomic E-state index is 11.6. The summed E-state index contributed by atoms with van der Waals surface area (Å²) in [6, 6.07) is 1.57. The lowest BCUT2D eigenvalue weighted by Crippen LogP contribution is -2.23. The van der Waals surface area contributed by atoms with Gasteiger partial charge in [0.05, 0.1) is 25.7 Å². The standard InChI is InChI=1S/C11H14O5/c1-7(11(14)15-2)9(12)5-10(13)8-3-4-16-6-8/h3-4,6-7,10,13H,5H2,1-2H3/t7?,10-/m0/s1. The van der Waals surface area contributed by atoms with Crippen LogP contribution in [0.3, 0.4) is 0 Å². The number of ketones is 1. The number of hydrogen-bond donors (Lipinski definition) is 1. The summed E-state index contributed by atoms with van der Waals surface area (Å²) in [6.07, 6.45) is 1.70. The molecule has 1 aromatic rings. The third kappa shape index (κ3) is 2.93. The normalized spacial score (nSPS) is 14.2. The van der Waals surface area contributed by atoms with Crippen LogP contribution in [0.4, 0.5) is 0 Å². The van der Waals surface area contributed by atoms with Gasteiger partial charge in [0.25, 0.3) is 0 Å². The van der Waals surface area contributed by atoms with Crippen LogP contribution in [0.15, 0.2) is 23.0 Å². The SMILES string of the molecule is COC(=O)C(C)C(=O)C[C@H](O)c1ccoc1. The van der Waals surface area contributed by atoms with Gasteiger partial charge in [0.1, 0.15) is 11.7 Å². The number of aliphatic hydroxyl groups is 1. The highest BCUT2D eigenvalue weighted by atomic mass is 16.5. The lowest BCUT2D eigenvalue weighted by atomic mass is 9.99. The van der Waals surface area contributed by atoms with E-state index in [-0.39, 0.29) is 12.2 Å². The lowest BCUT2D eigenvalue weighted by Gasteiger charge is -2.11. The van der Waals surface area contributed by atoms with Crippen LogP contribution in [0.1, 0.15) is 25.0 Å². The van der Waals surface area contributed by atoms with E-state index in [1.807, 2.05) is 0 Å². The molecule has 88 valence electrons. The highest BCUT2D eigenvalue weighted by Gasteiger charge is 2.24. The molecule has 1 N–H and O–H groups in total. The topological polar surface area (TPSA) is 76.7 Å². The molecular weight excluding hydrogens is 212 g/mol. The average molecular weight is 226 g/mol. The van der Waals surface area contributed by atoms with Crippen LogP contribution in [0.5, 0.6) is 0 Å². The maximum Gasteiger partial charge on any atom is 0.315 e. The van der Waals surface area contributed by atoms with Crippen LogP contribution < -0.4 is 0 Å². The molecule has 0 aliphatic heterocycles. The Labute approximate surface area is 93.0 Å². The predicted molar refractivity (Wildman–Crippen MR) is 54.5 cm³/mol. The monoisotopic (exact) mass is 226 g/mol. The van der Waals surface area contributed by atoms with Crippen molar-refractivity contribution in [1.82, 2.24) is 0 Å². The average Bonchev–Trinajstić information content (AvgIpc) is 2.80. The number of furan rings is 1. The molecule has 0 spiro atoms. The molecule has 1 unspecified atom stereocenters. The van der Waals surface area contributed by atoms with E-state index in [0.717, 1.165) is 0 Å². The van der Waals surface area contributed by atoms with E-state index in [1.54, 1.807) is 6.07 Å². The Morgan fingerprint density at radius 3 is 2.75 bits per heavy atom. The first-order chi connectivity index (χ1) is 7.56. The zero-order valence-corrected chi connectivity index (χ0v) is 9.17. The second-order valence-electron chi connectivity index (χ2n) is 3.49. The van der Waals surface area contributed by atoms with Gasteiger partial charge in [0.2, 0.25) is 0 Å². The van der Waals surface area contributed by atoms with Crippen LogP contribution >= 0.6 is 0 Å². The fourth-order valence-electron chi connectivity index (χ4n) is 1.26. The van der Waals surface area contributed by atoms with Gasteiger partial charge in [-0.05, 0) is 13.0 Å². The van der Waals surface area contributed by atoms with E-state index >= 15 is 0 Å². The van der Waals surface area contributed by atoms with Gasteiger partial charge in [-0.3, -0.25) is 9.59 Å². The van der Waals surface area contributed by atoms with Crippen molar-refractivity contribution in [1.29, 1.82) is 0 Å². The van der Waals surface area contributed by atoms with Gasteiger partial charge in [-0.25, -0.2) is 0 Å². The molecule has 16 heavy (non-hydrogen) atoms. The number of Topliss-reactive ketones (excluding diaryl/α,β-unsaturated/α-hetero) is 1. The van der Waals surface area contributed by atoms with Gasteiger partial charge in [-0.2, -0.15) is 0 Å². The zero-order chi connectivity index (χ0) is 12.1. The summed E-state index contributed by atoms with van der Waals surface area (Å²) < 4.78 is 9.23. The first kappa shape index (κ1) is 12.4. The van der Waals surface area contributed by atoms with Crippen molar-refractivity contribution < 1.29 is 23.8 Å². The molecule has 0 fully saturated rings. The lowest BCUT2D eigenvalue weighted by molar-refractivity contribution is -0.149. The number of carbonyl (C=O) groups is 2. The number of ether oxygens (including phenoxy) is 1. The van der Waals surface area contributed by atoms with Gasteiger partial charge >= 0.3 is 5.97 Å². The van der Waals surface area contributed by atoms with Gasteiger partial charge < -0.3 is 14.3 Å². The van der Waals surface area contributed by atoms with Crippen molar-refractivity contribution in [3.8, 4) is 0 Å². The number of esters is 1. The number of hydrogen-bond acceptors (Lipinski definition) is 5. The van der Waals surface area contributed by atoms with E-state index in [0.29, 0.717) is 5.56 Å². The Balaban J connectivity index is 2.55. The minimum absolute atomic E-state index is 0.129. The predicted octanol–water partition coefficient (Wildman–Crippen LogP) is 1.08. The Morgan fingerprint density at radius 1 is 1.56 bits per heavy atom. The number of methoxy groups -OCH3 is 1. The molecule has 0 saturated carbocycles. The fourth-order valence-corrected chi connectivity index (χ4v) is 1.26. The molecule has 0 saturated heterocycles. The number of carbonyl (C=O) groups excluding carboxylic acids is 2. The summed E-state index contributed by atoms with van der Waals surface area (Å²) in [4.78, 5) is 22.6. The quantitative estimate of drug-likeness (QED) is 0.600. The summed E-state index contributed by atoms with van der Waals surface area (Å²) in [7, 11) is 1.22. The molecule has 0 aromatic carbocycles. The third-order valence-electron chi connectivity index (χ3n) is 2.36. The molecule has 0 aliphatic carbocycles. The fraction of sp³-hybridized carbons (Fsp3) is 0.455. The largest absolute Gasteiger partial charge is 0.472 e. The van der Waals surface area contributed by atoms with E-state index in [1.165, 1.54) is 26.6 Å². The zero-order valence-electron chi connectivity index (χ0n) is 9.17. The van der Waals surface area contributed by atoms with Gasteiger partial charge in [-0.1, -0.05) is 0 Å². The molecule has 2 atom stereocenters. The van der Waals surface area contributed by atoms with Crippen molar-refractivity contribution in [2.24, 2.45) is 5.92 Å². The van der Waals surface area contributed by atoms with Crippen LogP contribution in [0, 0.1) is 5.92 Å². The second-order valence-corrected chi connectivity index (χ2v) is 3.49. The van der Waals surface area contributed by atoms with Crippen molar-refractivity contribution in [2.45, 2.75) is 19.4 Å².